The van der Waals surface area contributed by atoms with Gasteiger partial charge in [0.25, 0.3) is 5.91 Å². The van der Waals surface area contributed by atoms with Gasteiger partial charge in [-0.3, -0.25) is 14.6 Å². The molecule has 9 heteroatoms. The number of carbonyl (C=O) groups is 3. The molecule has 0 aliphatic carbocycles. The van der Waals surface area contributed by atoms with Gasteiger partial charge >= 0.3 is 12.1 Å². The van der Waals surface area contributed by atoms with E-state index in [2.05, 4.69) is 10.7 Å². The van der Waals surface area contributed by atoms with Crippen molar-refractivity contribution in [3.8, 4) is 0 Å². The highest BCUT2D eigenvalue weighted by atomic mass is 16.5. The fourth-order valence-corrected chi connectivity index (χ4v) is 3.04. The summed E-state index contributed by atoms with van der Waals surface area (Å²) in [6.45, 7) is -0.344. The lowest BCUT2D eigenvalue weighted by Crippen LogP contribution is -2.54. The van der Waals surface area contributed by atoms with Crippen LogP contribution in [0.15, 0.2) is 30.3 Å². The van der Waals surface area contributed by atoms with Gasteiger partial charge in [0.15, 0.2) is 0 Å². The van der Waals surface area contributed by atoms with E-state index in [1.165, 1.54) is 0 Å². The zero-order valence-corrected chi connectivity index (χ0v) is 15.7. The molecule has 2 rings (SSSR count). The molecule has 2 atom stereocenters. The lowest BCUT2D eigenvalue weighted by molar-refractivity contribution is -0.147. The van der Waals surface area contributed by atoms with Gasteiger partial charge in [-0.05, 0) is 37.7 Å². The molecule has 1 saturated heterocycles. The Labute approximate surface area is 163 Å². The number of carboxylic acids is 1. The highest BCUT2D eigenvalue weighted by Gasteiger charge is 2.33. The van der Waals surface area contributed by atoms with Crippen molar-refractivity contribution in [2.24, 2.45) is 0 Å². The van der Waals surface area contributed by atoms with Gasteiger partial charge in [0.1, 0.15) is 19.2 Å². The summed E-state index contributed by atoms with van der Waals surface area (Å²) >= 11 is 0. The number of hydrazine groups is 1. The van der Waals surface area contributed by atoms with E-state index in [1.807, 2.05) is 30.3 Å². The van der Waals surface area contributed by atoms with Crippen LogP contribution < -0.4 is 10.7 Å². The van der Waals surface area contributed by atoms with Crippen LogP contribution in [0.1, 0.15) is 37.7 Å². The molecule has 1 aromatic rings. The topological polar surface area (TPSA) is 128 Å². The lowest BCUT2D eigenvalue weighted by atomic mass is 10.0. The number of ether oxygens (including phenoxy) is 1. The lowest BCUT2D eigenvalue weighted by Gasteiger charge is -2.26. The number of nitrogens with zero attached hydrogens (tertiary/aromatic N) is 1. The number of hydrogen-bond acceptors (Lipinski definition) is 6. The molecule has 4 N–H and O–H groups in total. The summed E-state index contributed by atoms with van der Waals surface area (Å²) in [5, 5.41) is 21.6. The first-order valence-electron chi connectivity index (χ1n) is 9.37. The SMILES string of the molecule is O=C(O)CN1N[C@@H](CCCCO)CC[C@H](NC(=O)OCc2ccccc2)C1=O. The van der Waals surface area contributed by atoms with Gasteiger partial charge in [-0.15, -0.1) is 0 Å². The van der Waals surface area contributed by atoms with E-state index in [-0.39, 0.29) is 19.3 Å². The minimum absolute atomic E-state index is 0.0778. The number of hydrogen-bond donors (Lipinski definition) is 4. The quantitative estimate of drug-likeness (QED) is 0.461. The Bertz CT molecular complexity index is 654. The maximum absolute atomic E-state index is 12.7. The van der Waals surface area contributed by atoms with E-state index in [0.29, 0.717) is 25.7 Å². The monoisotopic (exact) mass is 393 g/mol. The number of amides is 2. The molecule has 0 spiro atoms. The molecular formula is C19H27N3O6. The van der Waals surface area contributed by atoms with E-state index in [9.17, 15) is 14.4 Å². The highest BCUT2D eigenvalue weighted by Crippen LogP contribution is 2.15. The predicted molar refractivity (Wildman–Crippen MR) is 100.0 cm³/mol. The summed E-state index contributed by atoms with van der Waals surface area (Å²) in [5.41, 5.74) is 3.77. The molecule has 0 aromatic heterocycles. The van der Waals surface area contributed by atoms with E-state index >= 15 is 0 Å². The Morgan fingerprint density at radius 2 is 1.96 bits per heavy atom. The molecule has 0 saturated carbocycles. The van der Waals surface area contributed by atoms with Gasteiger partial charge < -0.3 is 20.3 Å². The van der Waals surface area contributed by atoms with Gasteiger partial charge in [0, 0.05) is 12.6 Å². The molecule has 1 heterocycles. The molecule has 154 valence electrons. The zero-order valence-electron chi connectivity index (χ0n) is 15.7. The average molecular weight is 393 g/mol. The van der Waals surface area contributed by atoms with Gasteiger partial charge in [-0.1, -0.05) is 30.3 Å². The van der Waals surface area contributed by atoms with Gasteiger partial charge in [0.2, 0.25) is 0 Å². The fraction of sp³-hybridized carbons (Fsp3) is 0.526. The number of aliphatic hydroxyl groups excluding tert-OH is 1. The van der Waals surface area contributed by atoms with Crippen LogP contribution in [0.2, 0.25) is 0 Å². The first-order valence-corrected chi connectivity index (χ1v) is 9.37. The Morgan fingerprint density at radius 1 is 1.21 bits per heavy atom. The summed E-state index contributed by atoms with van der Waals surface area (Å²) in [7, 11) is 0. The van der Waals surface area contributed by atoms with Crippen LogP contribution in [-0.4, -0.2) is 58.4 Å². The molecule has 9 nitrogen and oxygen atoms in total. The first-order chi connectivity index (χ1) is 13.5. The fourth-order valence-electron chi connectivity index (χ4n) is 3.04. The number of carboxylic acid groups (broad SMARTS) is 1. The molecule has 0 bridgehead atoms. The maximum Gasteiger partial charge on any atom is 0.408 e. The number of aliphatic hydroxyl groups is 1. The van der Waals surface area contributed by atoms with Crippen LogP contribution in [0.3, 0.4) is 0 Å². The summed E-state index contributed by atoms with van der Waals surface area (Å²) < 4.78 is 5.16. The standard InChI is InChI=1S/C19H27N3O6/c23-11-5-4-8-15-9-10-16(18(26)22(21-15)12-17(24)25)20-19(27)28-13-14-6-2-1-3-7-14/h1-3,6-7,15-16,21,23H,4-5,8-13H2,(H,20,27)(H,24,25)/t15-,16-/m0/s1. The van der Waals surface area contributed by atoms with Crippen molar-refractivity contribution in [3.05, 3.63) is 35.9 Å². The number of benzene rings is 1. The van der Waals surface area contributed by atoms with Crippen molar-refractivity contribution in [1.29, 1.82) is 0 Å². The van der Waals surface area contributed by atoms with Crippen molar-refractivity contribution < 1.29 is 29.3 Å². The minimum atomic E-state index is -1.15. The van der Waals surface area contributed by atoms with E-state index in [1.54, 1.807) is 0 Å². The van der Waals surface area contributed by atoms with E-state index in [0.717, 1.165) is 17.0 Å². The van der Waals surface area contributed by atoms with E-state index in [4.69, 9.17) is 14.9 Å². The van der Waals surface area contributed by atoms with Crippen molar-refractivity contribution in [2.45, 2.75) is 50.8 Å². The van der Waals surface area contributed by atoms with Gasteiger partial charge in [-0.25, -0.2) is 10.2 Å². The van der Waals surface area contributed by atoms with Crippen molar-refractivity contribution in [2.75, 3.05) is 13.2 Å². The summed E-state index contributed by atoms with van der Waals surface area (Å²) in [4.78, 5) is 35.9. The molecule has 0 unspecified atom stereocenters. The highest BCUT2D eigenvalue weighted by molar-refractivity contribution is 5.87. The smallest absolute Gasteiger partial charge is 0.408 e. The predicted octanol–water partition coefficient (Wildman–Crippen LogP) is 1.02. The Balaban J connectivity index is 1.94. The molecule has 28 heavy (non-hydrogen) atoms. The Kier molecular flexibility index (Phi) is 8.70. The van der Waals surface area contributed by atoms with Crippen LogP contribution in [0.4, 0.5) is 4.79 Å². The van der Waals surface area contributed by atoms with Crippen LogP contribution in [0, 0.1) is 0 Å². The van der Waals surface area contributed by atoms with Gasteiger partial charge in [-0.2, -0.15) is 0 Å². The first kappa shape index (κ1) is 21.6. The zero-order chi connectivity index (χ0) is 20.4. The third kappa shape index (κ3) is 7.16. The number of rotatable bonds is 9. The molecule has 1 fully saturated rings. The Hall–Kier alpha value is -2.65. The van der Waals surface area contributed by atoms with Crippen molar-refractivity contribution in [1.82, 2.24) is 15.8 Å². The second kappa shape index (κ2) is 11.3. The Morgan fingerprint density at radius 3 is 2.64 bits per heavy atom. The second-order valence-corrected chi connectivity index (χ2v) is 6.70. The molecule has 1 aromatic carbocycles. The van der Waals surface area contributed by atoms with Crippen molar-refractivity contribution in [3.63, 3.8) is 0 Å². The van der Waals surface area contributed by atoms with Crippen LogP contribution in [0.25, 0.3) is 0 Å². The molecule has 0 radical (unpaired) electrons. The third-order valence-electron chi connectivity index (χ3n) is 4.47. The van der Waals surface area contributed by atoms with Crippen molar-refractivity contribution >= 4 is 18.0 Å². The number of nitrogens with one attached hydrogen (secondary N) is 2. The van der Waals surface area contributed by atoms with E-state index < -0.39 is 30.6 Å². The number of alkyl carbamates (subject to hydrolysis) is 1. The van der Waals surface area contributed by atoms with Gasteiger partial charge in [0.05, 0.1) is 0 Å². The largest absolute Gasteiger partial charge is 0.480 e. The van der Waals surface area contributed by atoms with Crippen LogP contribution in [-0.2, 0) is 20.9 Å². The average Bonchev–Trinajstić information content (AvgIpc) is 2.81. The molecule has 1 aliphatic rings. The molecular weight excluding hydrogens is 366 g/mol. The third-order valence-corrected chi connectivity index (χ3v) is 4.47. The summed E-state index contributed by atoms with van der Waals surface area (Å²) in [6.07, 6.45) is 2.30. The molecule has 1 aliphatic heterocycles. The van der Waals surface area contributed by atoms with Crippen LogP contribution in [0.5, 0.6) is 0 Å². The number of unbranched alkanes of at least 4 members (excludes halogenated alkanes) is 1. The number of aliphatic carboxylic acids is 1. The minimum Gasteiger partial charge on any atom is -0.480 e. The second-order valence-electron chi connectivity index (χ2n) is 6.70. The number of carbonyl (C=O) groups excluding carboxylic acids is 2. The maximum atomic E-state index is 12.7. The summed E-state index contributed by atoms with van der Waals surface area (Å²) in [6, 6.07) is 8.18. The normalized spacial score (nSPS) is 19.8. The van der Waals surface area contributed by atoms with Crippen LogP contribution >= 0.6 is 0 Å². The summed E-state index contributed by atoms with van der Waals surface area (Å²) in [5.74, 6) is -1.66. The molecule has 2 amide bonds.